The molecule has 18 heavy (non-hydrogen) atoms. The van der Waals surface area contributed by atoms with Crippen molar-refractivity contribution in [3.05, 3.63) is 29.6 Å². The molecule has 0 radical (unpaired) electrons. The van der Waals surface area contributed by atoms with Crippen LogP contribution in [0, 0.1) is 0 Å². The van der Waals surface area contributed by atoms with Gasteiger partial charge in [0, 0.05) is 37.0 Å². The molecule has 1 aliphatic carbocycles. The number of nitrogens with zero attached hydrogens (tertiary/aromatic N) is 2. The summed E-state index contributed by atoms with van der Waals surface area (Å²) in [5.41, 5.74) is 7.13. The summed E-state index contributed by atoms with van der Waals surface area (Å²) in [7, 11) is 1.90. The highest BCUT2D eigenvalue weighted by Gasteiger charge is 2.24. The van der Waals surface area contributed by atoms with E-state index in [-0.39, 0.29) is 5.91 Å². The van der Waals surface area contributed by atoms with E-state index >= 15 is 0 Å². The zero-order chi connectivity index (χ0) is 13.0. The SMILES string of the molecule is CN(C(=O)c1ccnc(CCN)c1)C1CCCC1. The Labute approximate surface area is 108 Å². The van der Waals surface area contributed by atoms with Gasteiger partial charge in [0.1, 0.15) is 0 Å². The molecule has 0 aromatic carbocycles. The van der Waals surface area contributed by atoms with Gasteiger partial charge < -0.3 is 10.6 Å². The predicted octanol–water partition coefficient (Wildman–Crippen LogP) is 1.60. The third-order valence-corrected chi connectivity index (χ3v) is 3.66. The highest BCUT2D eigenvalue weighted by atomic mass is 16.2. The Bertz CT molecular complexity index is 413. The molecule has 1 saturated carbocycles. The van der Waals surface area contributed by atoms with Gasteiger partial charge in [0.2, 0.25) is 0 Å². The van der Waals surface area contributed by atoms with Gasteiger partial charge in [-0.3, -0.25) is 9.78 Å². The lowest BCUT2D eigenvalue weighted by molar-refractivity contribution is 0.0735. The van der Waals surface area contributed by atoms with E-state index in [1.54, 1.807) is 12.3 Å². The first-order valence-corrected chi connectivity index (χ1v) is 6.64. The maximum Gasteiger partial charge on any atom is 0.253 e. The van der Waals surface area contributed by atoms with Crippen LogP contribution < -0.4 is 5.73 Å². The van der Waals surface area contributed by atoms with Gasteiger partial charge in [0.15, 0.2) is 0 Å². The summed E-state index contributed by atoms with van der Waals surface area (Å²) in [5.74, 6) is 0.0996. The molecule has 0 aliphatic heterocycles. The highest BCUT2D eigenvalue weighted by Crippen LogP contribution is 2.23. The second-order valence-corrected chi connectivity index (χ2v) is 4.93. The van der Waals surface area contributed by atoms with Crippen LogP contribution in [0.4, 0.5) is 0 Å². The summed E-state index contributed by atoms with van der Waals surface area (Å²) in [5, 5.41) is 0. The first-order valence-electron chi connectivity index (χ1n) is 6.64. The number of amides is 1. The molecule has 0 spiro atoms. The molecule has 98 valence electrons. The third-order valence-electron chi connectivity index (χ3n) is 3.66. The van der Waals surface area contributed by atoms with E-state index in [0.29, 0.717) is 19.0 Å². The second-order valence-electron chi connectivity index (χ2n) is 4.93. The van der Waals surface area contributed by atoms with Crippen molar-refractivity contribution in [3.63, 3.8) is 0 Å². The lowest BCUT2D eigenvalue weighted by Gasteiger charge is -2.24. The Morgan fingerprint density at radius 1 is 1.50 bits per heavy atom. The molecule has 1 amide bonds. The smallest absolute Gasteiger partial charge is 0.253 e. The number of nitrogens with two attached hydrogens (primary N) is 1. The number of hydrogen-bond donors (Lipinski definition) is 1. The fourth-order valence-electron chi connectivity index (χ4n) is 2.56. The Morgan fingerprint density at radius 2 is 2.22 bits per heavy atom. The normalized spacial score (nSPS) is 15.9. The van der Waals surface area contributed by atoms with Crippen molar-refractivity contribution in [2.45, 2.75) is 38.1 Å². The van der Waals surface area contributed by atoms with Gasteiger partial charge >= 0.3 is 0 Å². The van der Waals surface area contributed by atoms with Crippen LogP contribution in [0.5, 0.6) is 0 Å². The Kier molecular flexibility index (Phi) is 4.31. The van der Waals surface area contributed by atoms with Gasteiger partial charge in [0.05, 0.1) is 0 Å². The van der Waals surface area contributed by atoms with Crippen LogP contribution in [0.1, 0.15) is 41.7 Å². The minimum absolute atomic E-state index is 0.0996. The van der Waals surface area contributed by atoms with Gasteiger partial charge in [-0.05, 0) is 31.5 Å². The van der Waals surface area contributed by atoms with Gasteiger partial charge in [-0.15, -0.1) is 0 Å². The molecule has 0 atom stereocenters. The van der Waals surface area contributed by atoms with Crippen LogP contribution in [0.2, 0.25) is 0 Å². The molecule has 2 rings (SSSR count). The van der Waals surface area contributed by atoms with Crippen LogP contribution in [-0.4, -0.2) is 35.4 Å². The van der Waals surface area contributed by atoms with Gasteiger partial charge in [-0.2, -0.15) is 0 Å². The molecule has 0 unspecified atom stereocenters. The van der Waals surface area contributed by atoms with Gasteiger partial charge in [-0.1, -0.05) is 12.8 Å². The van der Waals surface area contributed by atoms with Crippen LogP contribution in [0.15, 0.2) is 18.3 Å². The Morgan fingerprint density at radius 3 is 2.89 bits per heavy atom. The second kappa shape index (κ2) is 5.96. The lowest BCUT2D eigenvalue weighted by atomic mass is 10.1. The molecular formula is C14H21N3O. The molecule has 1 aliphatic rings. The molecule has 4 heteroatoms. The molecule has 2 N–H and O–H groups in total. The molecule has 1 fully saturated rings. The van der Waals surface area contributed by atoms with Crippen molar-refractivity contribution in [2.75, 3.05) is 13.6 Å². The van der Waals surface area contributed by atoms with Crippen molar-refractivity contribution in [2.24, 2.45) is 5.73 Å². The third kappa shape index (κ3) is 2.88. The molecule has 1 aromatic rings. The predicted molar refractivity (Wildman–Crippen MR) is 71.3 cm³/mol. The lowest BCUT2D eigenvalue weighted by Crippen LogP contribution is -2.35. The number of carbonyl (C=O) groups is 1. The van der Waals surface area contributed by atoms with Crippen LogP contribution in [-0.2, 0) is 6.42 Å². The highest BCUT2D eigenvalue weighted by molar-refractivity contribution is 5.94. The van der Waals surface area contributed by atoms with Crippen LogP contribution in [0.3, 0.4) is 0 Å². The number of aromatic nitrogens is 1. The summed E-state index contributed by atoms with van der Waals surface area (Å²) < 4.78 is 0. The Hall–Kier alpha value is -1.42. The Balaban J connectivity index is 2.09. The van der Waals surface area contributed by atoms with Crippen molar-refractivity contribution in [1.82, 2.24) is 9.88 Å². The largest absolute Gasteiger partial charge is 0.339 e. The molecule has 0 bridgehead atoms. The summed E-state index contributed by atoms with van der Waals surface area (Å²) in [6.45, 7) is 0.559. The van der Waals surface area contributed by atoms with Gasteiger partial charge in [-0.25, -0.2) is 0 Å². The van der Waals surface area contributed by atoms with E-state index in [9.17, 15) is 4.79 Å². The monoisotopic (exact) mass is 247 g/mol. The zero-order valence-electron chi connectivity index (χ0n) is 10.9. The van der Waals surface area contributed by atoms with Crippen LogP contribution in [0.25, 0.3) is 0 Å². The van der Waals surface area contributed by atoms with E-state index in [2.05, 4.69) is 4.98 Å². The average Bonchev–Trinajstić information content (AvgIpc) is 2.91. The van der Waals surface area contributed by atoms with E-state index in [0.717, 1.165) is 24.1 Å². The summed E-state index contributed by atoms with van der Waals surface area (Å²) >= 11 is 0. The summed E-state index contributed by atoms with van der Waals surface area (Å²) in [6.07, 6.45) is 7.13. The van der Waals surface area contributed by atoms with E-state index in [1.165, 1.54) is 12.8 Å². The maximum absolute atomic E-state index is 12.4. The first kappa shape index (κ1) is 13.0. The zero-order valence-corrected chi connectivity index (χ0v) is 10.9. The molecule has 1 aromatic heterocycles. The number of hydrogen-bond acceptors (Lipinski definition) is 3. The number of carbonyl (C=O) groups excluding carboxylic acids is 1. The van der Waals surface area contributed by atoms with E-state index < -0.39 is 0 Å². The molecular weight excluding hydrogens is 226 g/mol. The maximum atomic E-state index is 12.4. The van der Waals surface area contributed by atoms with Crippen molar-refractivity contribution in [1.29, 1.82) is 0 Å². The molecule has 4 nitrogen and oxygen atoms in total. The quantitative estimate of drug-likeness (QED) is 0.879. The topological polar surface area (TPSA) is 59.2 Å². The fraction of sp³-hybridized carbons (Fsp3) is 0.571. The van der Waals surface area contributed by atoms with E-state index in [4.69, 9.17) is 5.73 Å². The van der Waals surface area contributed by atoms with E-state index in [1.807, 2.05) is 18.0 Å². The average molecular weight is 247 g/mol. The van der Waals surface area contributed by atoms with Gasteiger partial charge in [0.25, 0.3) is 5.91 Å². The summed E-state index contributed by atoms with van der Waals surface area (Å²) in [6, 6.07) is 4.05. The number of pyridine rings is 1. The minimum Gasteiger partial charge on any atom is -0.339 e. The summed E-state index contributed by atoms with van der Waals surface area (Å²) in [4.78, 5) is 18.5. The van der Waals surface area contributed by atoms with Crippen molar-refractivity contribution >= 4 is 5.91 Å². The number of rotatable bonds is 4. The van der Waals surface area contributed by atoms with Crippen molar-refractivity contribution in [3.8, 4) is 0 Å². The molecule has 1 heterocycles. The molecule has 0 saturated heterocycles. The standard InChI is InChI=1S/C14H21N3O/c1-17(13-4-2-3-5-13)14(18)11-7-9-16-12(10-11)6-8-15/h7,9-10,13H,2-6,8,15H2,1H3. The van der Waals surface area contributed by atoms with Crippen LogP contribution >= 0.6 is 0 Å². The fourth-order valence-corrected chi connectivity index (χ4v) is 2.56. The van der Waals surface area contributed by atoms with Crippen molar-refractivity contribution < 1.29 is 4.79 Å². The minimum atomic E-state index is 0.0996. The first-order chi connectivity index (χ1) is 8.72.